The number of hydrogen-bond acceptors (Lipinski definition) is 3. The molecule has 3 nitrogen and oxygen atoms in total. The minimum Gasteiger partial charge on any atom is -0.454 e. The summed E-state index contributed by atoms with van der Waals surface area (Å²) >= 11 is 3.21. The van der Waals surface area contributed by atoms with Gasteiger partial charge in [0, 0.05) is 5.56 Å². The zero-order valence-electron chi connectivity index (χ0n) is 6.39. The van der Waals surface area contributed by atoms with Crippen molar-refractivity contribution >= 4 is 15.9 Å². The average molecular weight is 221 g/mol. The third-order valence-corrected chi connectivity index (χ3v) is 1.71. The van der Waals surface area contributed by atoms with Gasteiger partial charge in [0.25, 0.3) is 0 Å². The fraction of sp³-hybridized carbons (Fsp3) is 0.429. The van der Waals surface area contributed by atoms with Crippen molar-refractivity contribution in [2.24, 2.45) is 0 Å². The van der Waals surface area contributed by atoms with Gasteiger partial charge in [-0.05, 0) is 28.9 Å². The van der Waals surface area contributed by atoms with Crippen molar-refractivity contribution in [3.63, 3.8) is 0 Å². The topological polar surface area (TPSA) is 31.6 Å². The molecule has 0 N–H and O–H groups in total. The highest BCUT2D eigenvalue weighted by atomic mass is 79.9. The van der Waals surface area contributed by atoms with Crippen LogP contribution in [0.25, 0.3) is 0 Å². The number of furan rings is 1. The molecule has 62 valence electrons. The Morgan fingerprint density at radius 3 is 2.82 bits per heavy atom. The Morgan fingerprint density at radius 1 is 1.64 bits per heavy atom. The second-order valence-corrected chi connectivity index (χ2v) is 2.84. The van der Waals surface area contributed by atoms with E-state index in [2.05, 4.69) is 20.8 Å². The minimum absolute atomic E-state index is 0.414. The van der Waals surface area contributed by atoms with Gasteiger partial charge in [-0.15, -0.1) is 0 Å². The zero-order valence-corrected chi connectivity index (χ0v) is 7.97. The van der Waals surface area contributed by atoms with Gasteiger partial charge in [0.15, 0.2) is 4.67 Å². The van der Waals surface area contributed by atoms with Crippen LogP contribution >= 0.6 is 15.9 Å². The second-order valence-electron chi connectivity index (χ2n) is 2.06. The van der Waals surface area contributed by atoms with Crippen LogP contribution < -0.4 is 0 Å². The third-order valence-electron chi connectivity index (χ3n) is 1.32. The van der Waals surface area contributed by atoms with E-state index in [1.54, 1.807) is 0 Å². The zero-order chi connectivity index (χ0) is 8.27. The molecular weight excluding hydrogens is 212 g/mol. The summed E-state index contributed by atoms with van der Waals surface area (Å²) in [6.07, 6.45) is 0. The molecule has 0 unspecified atom stereocenters. The SMILES string of the molecule is COOCc1cc(Br)oc1C. The van der Waals surface area contributed by atoms with Crippen LogP contribution in [0.2, 0.25) is 0 Å². The van der Waals surface area contributed by atoms with Crippen LogP contribution in [0, 0.1) is 6.92 Å². The van der Waals surface area contributed by atoms with Crippen molar-refractivity contribution in [2.45, 2.75) is 13.5 Å². The highest BCUT2D eigenvalue weighted by Gasteiger charge is 2.04. The van der Waals surface area contributed by atoms with E-state index in [4.69, 9.17) is 9.30 Å². The van der Waals surface area contributed by atoms with Gasteiger partial charge < -0.3 is 4.42 Å². The Bertz CT molecular complexity index is 232. The lowest BCUT2D eigenvalue weighted by Crippen LogP contribution is -1.90. The van der Waals surface area contributed by atoms with Gasteiger partial charge in [-0.3, -0.25) is 0 Å². The molecular formula is C7H9BrO3. The van der Waals surface area contributed by atoms with Gasteiger partial charge >= 0.3 is 0 Å². The second kappa shape index (κ2) is 3.90. The first-order chi connectivity index (χ1) is 5.24. The lowest BCUT2D eigenvalue weighted by atomic mass is 10.3. The quantitative estimate of drug-likeness (QED) is 0.580. The Balaban J connectivity index is 2.62. The standard InChI is InChI=1S/C7H9BrO3/c1-5-6(4-10-9-2)3-7(8)11-5/h3H,4H2,1-2H3. The van der Waals surface area contributed by atoms with E-state index in [9.17, 15) is 0 Å². The smallest absolute Gasteiger partial charge is 0.169 e. The summed E-state index contributed by atoms with van der Waals surface area (Å²) in [7, 11) is 1.48. The lowest BCUT2D eigenvalue weighted by molar-refractivity contribution is -0.282. The summed E-state index contributed by atoms with van der Waals surface area (Å²) in [6, 6.07) is 1.86. The van der Waals surface area contributed by atoms with E-state index in [0.717, 1.165) is 11.3 Å². The Hall–Kier alpha value is -0.320. The van der Waals surface area contributed by atoms with E-state index in [1.807, 2.05) is 13.0 Å². The average Bonchev–Trinajstić information content (AvgIpc) is 2.26. The molecule has 1 rings (SSSR count). The van der Waals surface area contributed by atoms with E-state index >= 15 is 0 Å². The lowest BCUT2D eigenvalue weighted by Gasteiger charge is -1.96. The van der Waals surface area contributed by atoms with Crippen molar-refractivity contribution in [3.8, 4) is 0 Å². The minimum atomic E-state index is 0.414. The molecule has 11 heavy (non-hydrogen) atoms. The molecule has 0 aromatic carbocycles. The highest BCUT2D eigenvalue weighted by Crippen LogP contribution is 2.19. The van der Waals surface area contributed by atoms with Crippen LogP contribution in [-0.4, -0.2) is 7.11 Å². The van der Waals surface area contributed by atoms with Crippen LogP contribution in [0.4, 0.5) is 0 Å². The first-order valence-corrected chi connectivity index (χ1v) is 3.93. The molecule has 4 heteroatoms. The predicted octanol–water partition coefficient (Wildman–Crippen LogP) is 2.43. The van der Waals surface area contributed by atoms with Crippen molar-refractivity contribution in [3.05, 3.63) is 22.1 Å². The van der Waals surface area contributed by atoms with Gasteiger partial charge in [-0.25, -0.2) is 9.78 Å². The molecule has 1 aromatic heterocycles. The van der Waals surface area contributed by atoms with Gasteiger partial charge in [0.1, 0.15) is 12.4 Å². The summed E-state index contributed by atoms with van der Waals surface area (Å²) in [6.45, 7) is 2.29. The highest BCUT2D eigenvalue weighted by molar-refractivity contribution is 9.10. The van der Waals surface area contributed by atoms with Crippen LogP contribution in [0.5, 0.6) is 0 Å². The van der Waals surface area contributed by atoms with Gasteiger partial charge in [0.05, 0.1) is 7.11 Å². The maximum Gasteiger partial charge on any atom is 0.169 e. The molecule has 1 heterocycles. The molecule has 0 fully saturated rings. The van der Waals surface area contributed by atoms with Crippen LogP contribution in [0.15, 0.2) is 15.2 Å². The predicted molar refractivity (Wildman–Crippen MR) is 42.9 cm³/mol. The van der Waals surface area contributed by atoms with Gasteiger partial charge in [-0.1, -0.05) is 0 Å². The van der Waals surface area contributed by atoms with Gasteiger partial charge in [0.2, 0.25) is 0 Å². The molecule has 0 spiro atoms. The normalized spacial score (nSPS) is 10.5. The molecule has 0 bridgehead atoms. The monoisotopic (exact) mass is 220 g/mol. The summed E-state index contributed by atoms with van der Waals surface area (Å²) in [4.78, 5) is 9.19. The Labute approximate surface area is 73.3 Å². The first-order valence-electron chi connectivity index (χ1n) is 3.14. The van der Waals surface area contributed by atoms with E-state index in [1.165, 1.54) is 7.11 Å². The fourth-order valence-corrected chi connectivity index (χ4v) is 1.26. The molecule has 1 aromatic rings. The summed E-state index contributed by atoms with van der Waals surface area (Å²) < 4.78 is 5.91. The molecule has 0 atom stereocenters. The van der Waals surface area contributed by atoms with Crippen LogP contribution in [-0.2, 0) is 16.4 Å². The molecule has 0 radical (unpaired) electrons. The van der Waals surface area contributed by atoms with Crippen LogP contribution in [0.3, 0.4) is 0 Å². The number of aryl methyl sites for hydroxylation is 1. The number of hydrogen-bond donors (Lipinski definition) is 0. The van der Waals surface area contributed by atoms with Crippen molar-refractivity contribution in [2.75, 3.05) is 7.11 Å². The number of rotatable bonds is 3. The van der Waals surface area contributed by atoms with E-state index < -0.39 is 0 Å². The van der Waals surface area contributed by atoms with Crippen molar-refractivity contribution in [1.29, 1.82) is 0 Å². The summed E-state index contributed by atoms with van der Waals surface area (Å²) in [5, 5.41) is 0. The molecule has 0 saturated carbocycles. The first kappa shape index (κ1) is 8.77. The maximum absolute atomic E-state index is 5.19. The van der Waals surface area contributed by atoms with E-state index in [0.29, 0.717) is 11.3 Å². The van der Waals surface area contributed by atoms with Gasteiger partial charge in [-0.2, -0.15) is 0 Å². The molecule has 0 aliphatic rings. The molecule has 0 aliphatic carbocycles. The van der Waals surface area contributed by atoms with E-state index in [-0.39, 0.29) is 0 Å². The third kappa shape index (κ3) is 2.32. The largest absolute Gasteiger partial charge is 0.454 e. The maximum atomic E-state index is 5.19. The molecule has 0 aliphatic heterocycles. The Kier molecular flexibility index (Phi) is 3.11. The van der Waals surface area contributed by atoms with Crippen molar-refractivity contribution < 1.29 is 14.2 Å². The number of halogens is 1. The molecule has 0 saturated heterocycles. The fourth-order valence-electron chi connectivity index (χ4n) is 0.746. The van der Waals surface area contributed by atoms with Crippen molar-refractivity contribution in [1.82, 2.24) is 0 Å². The van der Waals surface area contributed by atoms with Crippen LogP contribution in [0.1, 0.15) is 11.3 Å². The summed E-state index contributed by atoms with van der Waals surface area (Å²) in [5.74, 6) is 0.842. The Morgan fingerprint density at radius 2 is 2.36 bits per heavy atom. The summed E-state index contributed by atoms with van der Waals surface area (Å²) in [5.41, 5.74) is 0.985. The molecule has 0 amide bonds.